The first-order valence-corrected chi connectivity index (χ1v) is 49.8. The molecular formula is C101H129F3N24O15. The van der Waals surface area contributed by atoms with E-state index in [0.717, 1.165) is 188 Å². The molecular weight excluding hydrogens is 1850 g/mol. The molecule has 9 atom stereocenters. The lowest BCUT2D eigenvalue weighted by molar-refractivity contribution is -0.149. The fourth-order valence-electron chi connectivity index (χ4n) is 19.2. The molecule has 10 aromatic rings. The third kappa shape index (κ3) is 26.4. The molecule has 0 unspecified atom stereocenters. The van der Waals surface area contributed by atoms with Crippen molar-refractivity contribution in [3.8, 4) is 29.8 Å². The monoisotopic (exact) mass is 1980 g/mol. The number of fused-ring (bicyclic) bond motifs is 4. The lowest BCUT2D eigenvalue weighted by Gasteiger charge is -2.34. The predicted molar refractivity (Wildman–Crippen MR) is 526 cm³/mol. The highest BCUT2D eigenvalue weighted by Crippen LogP contribution is 2.42. The van der Waals surface area contributed by atoms with E-state index < -0.39 is 24.2 Å². The summed E-state index contributed by atoms with van der Waals surface area (Å²) in [6, 6.07) is 18.5. The molecule has 0 radical (unpaired) electrons. The largest absolute Gasteiger partial charge is 0.496 e. The number of rotatable bonds is 34. The maximum atomic E-state index is 13.1. The summed E-state index contributed by atoms with van der Waals surface area (Å²) in [7, 11) is 4.84. The summed E-state index contributed by atoms with van der Waals surface area (Å²) in [5.41, 5.74) is 11.4. The van der Waals surface area contributed by atoms with Crippen LogP contribution in [-0.4, -0.2) is 295 Å². The number of aromatic nitrogens is 16. The van der Waals surface area contributed by atoms with Crippen molar-refractivity contribution in [1.82, 2.24) is 96.2 Å². The topological polar surface area (TPSA) is 465 Å². The zero-order valence-corrected chi connectivity index (χ0v) is 82.4. The summed E-state index contributed by atoms with van der Waals surface area (Å²) in [5, 5.41) is 43.9. The quantitative estimate of drug-likeness (QED) is 0.0184. The van der Waals surface area contributed by atoms with Gasteiger partial charge in [-0.25, -0.2) is 9.97 Å². The minimum atomic E-state index is -4.58. The van der Waals surface area contributed by atoms with E-state index in [1.54, 1.807) is 58.8 Å². The Morgan fingerprint density at radius 3 is 1.65 bits per heavy atom. The smallest absolute Gasteiger partial charge is 0.408 e. The first kappa shape index (κ1) is 103. The molecule has 7 fully saturated rings. The number of pyridine rings is 4. The highest BCUT2D eigenvalue weighted by Gasteiger charge is 2.40. The van der Waals surface area contributed by atoms with E-state index >= 15 is 0 Å². The van der Waals surface area contributed by atoms with Crippen LogP contribution in [0.3, 0.4) is 0 Å². The number of allylic oxidation sites excluding steroid dienone is 2. The van der Waals surface area contributed by atoms with Gasteiger partial charge in [-0.05, 0) is 164 Å². The number of carbonyl (C=O) groups excluding carboxylic acids is 4. The first-order valence-electron chi connectivity index (χ1n) is 49.8. The number of aliphatic imine (C=N–C) groups is 1. The molecule has 10 aromatic heterocycles. The van der Waals surface area contributed by atoms with Gasteiger partial charge in [-0.3, -0.25) is 44.3 Å². The second-order valence-electron chi connectivity index (χ2n) is 38.0. The van der Waals surface area contributed by atoms with Crippen molar-refractivity contribution in [2.45, 2.75) is 211 Å². The van der Waals surface area contributed by atoms with Crippen molar-refractivity contribution in [3.63, 3.8) is 0 Å². The summed E-state index contributed by atoms with van der Waals surface area (Å²) < 4.78 is 89.0. The summed E-state index contributed by atoms with van der Waals surface area (Å²) in [6.07, 6.45) is 17.5. The number of ketones is 1. The highest BCUT2D eigenvalue weighted by atomic mass is 19.4. The highest BCUT2D eigenvalue weighted by molar-refractivity contribution is 6.05. The number of aromatic amines is 2. The molecule has 3 amide bonds. The Kier molecular flexibility index (Phi) is 34.9. The van der Waals surface area contributed by atoms with Crippen LogP contribution in [0.25, 0.3) is 27.6 Å². The van der Waals surface area contributed by atoms with Crippen molar-refractivity contribution < 1.29 is 85.2 Å². The van der Waals surface area contributed by atoms with Gasteiger partial charge in [-0.1, -0.05) is 32.4 Å². The molecule has 17 heterocycles. The lowest BCUT2D eigenvalue weighted by atomic mass is 9.86. The van der Waals surface area contributed by atoms with Crippen molar-refractivity contribution >= 4 is 80.1 Å². The van der Waals surface area contributed by atoms with Crippen LogP contribution in [0.2, 0.25) is 0 Å². The number of aliphatic hydroxyl groups is 2. The second kappa shape index (κ2) is 48.5. The third-order valence-electron chi connectivity index (χ3n) is 27.6. The van der Waals surface area contributed by atoms with Crippen LogP contribution in [0.4, 0.5) is 36.4 Å². The standard InChI is InChI=1S/C27H36N4O3.C26H34N6O4.C24H28F3N7O4.C24H31N7O4/c1-5-18(2)15-25(32)24-16-26(30-27(29-24)34-19(3)17-33-4)31-13-10-20(11-14-31)21-8-9-23-22(21)7-6-12-28-23;1-16(15-35-2)36-26-30-20(25(34)29-19-6-3-7-22(19)33)13-23(31-26)32-11-8-17(9-12-32)24-18-5-4-10-27-21(18)14-28-24;1-13(24(25,26)27)29-22(35)16-11-18(31-23(30-16)38-12-15-6-10-37-15)34-8-4-14(5-9-34)20-19-17(36-2)3-7-28-21(19)33-32-20;1-15(12-32)26-23(33)19-11-20(28-24(27-19)35-14-16-6-10-34-13-16)31-8-4-17(5-9-31)21-18-3-2-7-25-22(18)30-29-21/h6-8,12,16,18-20H,5,9-11,13-15,17H2,1-4H3;4-5,10,13,16-17,19,22,33H,3,6-9,11-12,14-15H2,1-2H3,(H,29,34);3,7,11,13-15H,4-6,8-10,12H2,1-2H3,(H,29,35)(H,28,32,33);2-3,7,11,15-17,32H,4-6,8-10,12-14H2,1H3,(H,26,33)(H,25,29,30)/t18-,19+;16-,19-,22+;13-,15+;15-,16-/m0101/s1. The van der Waals surface area contributed by atoms with Crippen molar-refractivity contribution in [3.05, 3.63) is 154 Å². The van der Waals surface area contributed by atoms with E-state index in [1.165, 1.54) is 28.5 Å². The van der Waals surface area contributed by atoms with Gasteiger partial charge in [-0.15, -0.1) is 0 Å². The molecule has 143 heavy (non-hydrogen) atoms. The van der Waals surface area contributed by atoms with Crippen LogP contribution in [0.1, 0.15) is 226 Å². The Labute approximate surface area is 827 Å². The Hall–Kier alpha value is -12.9. The minimum Gasteiger partial charge on any atom is -0.496 e. The number of aliphatic hydroxyl groups excluding tert-OH is 2. The number of H-pyrrole nitrogens is 2. The van der Waals surface area contributed by atoms with Crippen molar-refractivity contribution in [2.24, 2.45) is 28.7 Å². The molecule has 42 heteroatoms. The summed E-state index contributed by atoms with van der Waals surface area (Å²) in [5.74, 6) is 3.57. The SMILES string of the molecule is CC[C@H](C)CC(=O)c1cc(N2CCC(C3=CCc4ncccc43)CC2)nc(O[C@H](C)COC)n1.COC[C@@H](C)Oc1nc(C(=O)N[C@@H]2CCC[C@@H]2O)cc(N2CCC(C3=NCc4ncccc43)CC2)n1.COc1ccnc2n[nH]c(C3CCN(c4cc(C(=O)N[C@@H](C)C(F)(F)F)nc(OC[C@H]5CCO5)n4)CC3)c12.C[C@H](CO)NC(=O)c1cc(N2CCC(c3[nH]nc4ncccc34)CC2)nc(OC[C@@H]2CCOC2)n1. The Balaban J connectivity index is 0.000000137. The fourth-order valence-corrected chi connectivity index (χ4v) is 19.2. The Morgan fingerprint density at radius 1 is 0.559 bits per heavy atom. The van der Waals surface area contributed by atoms with E-state index in [-0.39, 0.29) is 108 Å². The van der Waals surface area contributed by atoms with E-state index in [4.69, 9.17) is 47.6 Å². The van der Waals surface area contributed by atoms with Gasteiger partial charge < -0.3 is 88.4 Å². The first-order chi connectivity index (χ1) is 69.3. The van der Waals surface area contributed by atoms with Gasteiger partial charge in [-0.2, -0.15) is 63.2 Å². The average Bonchev–Trinajstić information content (AvgIpc) is 1.66. The normalized spacial score (nSPS) is 19.9. The number of halogens is 3. The molecule has 7 aliphatic heterocycles. The maximum absolute atomic E-state index is 13.1. The minimum absolute atomic E-state index is 0.0392. The maximum Gasteiger partial charge on any atom is 0.408 e. The third-order valence-corrected chi connectivity index (χ3v) is 27.6. The van der Waals surface area contributed by atoms with Gasteiger partial charge in [0.2, 0.25) is 0 Å². The Morgan fingerprint density at radius 2 is 1.08 bits per heavy atom. The van der Waals surface area contributed by atoms with Crippen LogP contribution in [-0.2, 0) is 31.9 Å². The van der Waals surface area contributed by atoms with Crippen LogP contribution in [0.15, 0.2) is 103 Å². The molecule has 9 aliphatic rings. The summed E-state index contributed by atoms with van der Waals surface area (Å²) in [4.78, 5) is 118. The van der Waals surface area contributed by atoms with Gasteiger partial charge in [0, 0.05) is 200 Å². The van der Waals surface area contributed by atoms with Crippen LogP contribution in [0, 0.1) is 23.7 Å². The van der Waals surface area contributed by atoms with E-state index in [0.29, 0.717) is 130 Å². The van der Waals surface area contributed by atoms with Crippen molar-refractivity contribution in [1.29, 1.82) is 0 Å². The molecule has 764 valence electrons. The van der Waals surface area contributed by atoms with Gasteiger partial charge >= 0.3 is 30.2 Å². The number of alkyl halides is 3. The number of nitrogens with one attached hydrogen (secondary N) is 5. The van der Waals surface area contributed by atoms with Gasteiger partial charge in [0.05, 0.1) is 87.4 Å². The molecule has 0 aromatic carbocycles. The van der Waals surface area contributed by atoms with Gasteiger partial charge in [0.25, 0.3) is 17.7 Å². The van der Waals surface area contributed by atoms with E-state index in [2.05, 4.69) is 144 Å². The number of ether oxygens (including phenoxy) is 9. The number of methoxy groups -OCH3 is 3. The molecule has 0 spiro atoms. The zero-order chi connectivity index (χ0) is 100. The van der Waals surface area contributed by atoms with Crippen LogP contribution >= 0.6 is 0 Å². The molecule has 7 N–H and O–H groups in total. The number of amides is 3. The van der Waals surface area contributed by atoms with Crippen LogP contribution in [0.5, 0.6) is 29.8 Å². The fraction of sp³-hybridized carbons (Fsp3) is 0.554. The number of hydrogen-bond donors (Lipinski definition) is 7. The molecule has 39 nitrogen and oxygen atoms in total. The number of nitrogens with zero attached hydrogens (tertiary/aromatic N) is 19. The van der Waals surface area contributed by atoms with Crippen LogP contribution < -0.4 is 59.2 Å². The van der Waals surface area contributed by atoms with Gasteiger partial charge in [0.15, 0.2) is 17.1 Å². The molecule has 1 saturated carbocycles. The summed E-state index contributed by atoms with van der Waals surface area (Å²) in [6.45, 7) is 20.6. The number of piperidine rings is 4. The van der Waals surface area contributed by atoms with Gasteiger partial charge in [0.1, 0.15) is 76.7 Å². The number of hydrogen-bond acceptors (Lipinski definition) is 34. The summed E-state index contributed by atoms with van der Waals surface area (Å²) >= 11 is 0. The molecule has 19 rings (SSSR count). The average molecular weight is 1980 g/mol. The number of Topliss-reactive ketones (excluding diaryl/α,β-unsaturated/α-hetero) is 1. The Bertz CT molecular complexity index is 6040. The zero-order valence-electron chi connectivity index (χ0n) is 82.4. The molecule has 6 saturated heterocycles. The number of anilines is 4. The van der Waals surface area contributed by atoms with E-state index in [1.807, 2.05) is 60.7 Å². The van der Waals surface area contributed by atoms with Crippen molar-refractivity contribution in [2.75, 3.05) is 146 Å². The molecule has 2 aliphatic carbocycles. The second-order valence-corrected chi connectivity index (χ2v) is 38.0. The molecule has 0 bridgehead atoms. The van der Waals surface area contributed by atoms with E-state index in [9.17, 15) is 42.6 Å². The lowest BCUT2D eigenvalue weighted by Crippen LogP contribution is -2.43. The number of carbonyl (C=O) groups is 4. The predicted octanol–water partition coefficient (Wildman–Crippen LogP) is 11.6.